The molecule has 2 atom stereocenters. The molecule has 2 unspecified atom stereocenters. The quantitative estimate of drug-likeness (QED) is 0.830. The van der Waals surface area contributed by atoms with Gasteiger partial charge in [-0.25, -0.2) is 4.39 Å². The van der Waals surface area contributed by atoms with E-state index in [1.807, 2.05) is 4.90 Å². The molecule has 2 rings (SSSR count). The van der Waals surface area contributed by atoms with Gasteiger partial charge < -0.3 is 10.4 Å². The van der Waals surface area contributed by atoms with E-state index in [0.717, 1.165) is 5.56 Å². The van der Waals surface area contributed by atoms with Crippen molar-refractivity contribution in [3.05, 3.63) is 35.6 Å². The van der Waals surface area contributed by atoms with Crippen molar-refractivity contribution in [3.8, 4) is 0 Å². The van der Waals surface area contributed by atoms with Gasteiger partial charge in [-0.15, -0.1) is 0 Å². The Kier molecular flexibility index (Phi) is 5.49. The van der Waals surface area contributed by atoms with Crippen LogP contribution in [0.15, 0.2) is 24.3 Å². The van der Waals surface area contributed by atoms with Gasteiger partial charge in [0.25, 0.3) is 0 Å². The summed E-state index contributed by atoms with van der Waals surface area (Å²) >= 11 is 0. The minimum atomic E-state index is -0.800. The van der Waals surface area contributed by atoms with E-state index in [9.17, 15) is 14.0 Å². The highest BCUT2D eigenvalue weighted by molar-refractivity contribution is 5.81. The molecule has 1 saturated heterocycles. The van der Waals surface area contributed by atoms with Crippen LogP contribution in [0.1, 0.15) is 18.9 Å². The second-order valence-electron chi connectivity index (χ2n) is 5.66. The third-order valence-corrected chi connectivity index (χ3v) is 4.12. The van der Waals surface area contributed by atoms with Gasteiger partial charge in [0.05, 0.1) is 12.0 Å². The Hall–Kier alpha value is -1.95. The lowest BCUT2D eigenvalue weighted by Gasteiger charge is -2.23. The fourth-order valence-corrected chi connectivity index (χ4v) is 2.64. The number of carbonyl (C=O) groups is 2. The first-order valence-corrected chi connectivity index (χ1v) is 7.46. The van der Waals surface area contributed by atoms with E-state index >= 15 is 0 Å². The minimum Gasteiger partial charge on any atom is -0.481 e. The zero-order chi connectivity index (χ0) is 16.1. The van der Waals surface area contributed by atoms with E-state index in [1.165, 1.54) is 12.1 Å². The Balaban J connectivity index is 1.75. The summed E-state index contributed by atoms with van der Waals surface area (Å²) in [5.74, 6) is -1.56. The number of aliphatic carboxylic acids is 1. The van der Waals surface area contributed by atoms with E-state index in [4.69, 9.17) is 5.11 Å². The number of likely N-dealkylation sites (tertiary alicyclic amines) is 1. The molecule has 0 radical (unpaired) electrons. The van der Waals surface area contributed by atoms with Crippen LogP contribution in [0.4, 0.5) is 4.39 Å². The summed E-state index contributed by atoms with van der Waals surface area (Å²) in [7, 11) is 0. The van der Waals surface area contributed by atoms with Crippen LogP contribution in [-0.2, 0) is 16.0 Å². The number of hydrogen-bond acceptors (Lipinski definition) is 3. The SMILES string of the molecule is CC(C(=O)NCCc1ccc(F)cc1)N1CCC(C(=O)O)C1. The van der Waals surface area contributed by atoms with Gasteiger partial charge in [-0.2, -0.15) is 0 Å². The summed E-state index contributed by atoms with van der Waals surface area (Å²) in [4.78, 5) is 24.9. The number of benzene rings is 1. The van der Waals surface area contributed by atoms with Crippen molar-refractivity contribution in [1.82, 2.24) is 10.2 Å². The molecule has 2 N–H and O–H groups in total. The first-order valence-electron chi connectivity index (χ1n) is 7.46. The lowest BCUT2D eigenvalue weighted by atomic mass is 10.1. The third kappa shape index (κ3) is 4.27. The zero-order valence-corrected chi connectivity index (χ0v) is 12.6. The third-order valence-electron chi connectivity index (χ3n) is 4.12. The van der Waals surface area contributed by atoms with Crippen molar-refractivity contribution in [1.29, 1.82) is 0 Å². The number of hydrogen-bond donors (Lipinski definition) is 2. The van der Waals surface area contributed by atoms with Crippen molar-refractivity contribution in [2.45, 2.75) is 25.8 Å². The molecule has 1 aliphatic rings. The van der Waals surface area contributed by atoms with Gasteiger partial charge in [0.1, 0.15) is 5.82 Å². The van der Waals surface area contributed by atoms with Crippen molar-refractivity contribution >= 4 is 11.9 Å². The molecule has 1 aromatic carbocycles. The molecular formula is C16H21FN2O3. The molecule has 1 aromatic rings. The number of nitrogens with one attached hydrogen (secondary N) is 1. The molecule has 0 saturated carbocycles. The highest BCUT2D eigenvalue weighted by Gasteiger charge is 2.32. The molecule has 0 aromatic heterocycles. The van der Waals surface area contributed by atoms with Crippen LogP contribution in [0.25, 0.3) is 0 Å². The van der Waals surface area contributed by atoms with Crippen LogP contribution >= 0.6 is 0 Å². The molecule has 1 fully saturated rings. The van der Waals surface area contributed by atoms with E-state index in [2.05, 4.69) is 5.32 Å². The predicted octanol–water partition coefficient (Wildman–Crippen LogP) is 1.28. The number of carbonyl (C=O) groups excluding carboxylic acids is 1. The largest absolute Gasteiger partial charge is 0.481 e. The summed E-state index contributed by atoms with van der Waals surface area (Å²) in [5.41, 5.74) is 0.960. The smallest absolute Gasteiger partial charge is 0.307 e. The lowest BCUT2D eigenvalue weighted by Crippen LogP contribution is -2.44. The van der Waals surface area contributed by atoms with Crippen LogP contribution in [0.3, 0.4) is 0 Å². The number of halogens is 1. The Morgan fingerprint density at radius 2 is 2.09 bits per heavy atom. The highest BCUT2D eigenvalue weighted by Crippen LogP contribution is 2.18. The monoisotopic (exact) mass is 308 g/mol. The van der Waals surface area contributed by atoms with Crippen LogP contribution in [-0.4, -0.2) is 47.6 Å². The van der Waals surface area contributed by atoms with Gasteiger partial charge >= 0.3 is 5.97 Å². The first-order chi connectivity index (χ1) is 10.5. The maximum Gasteiger partial charge on any atom is 0.307 e. The second kappa shape index (κ2) is 7.35. The summed E-state index contributed by atoms with van der Waals surface area (Å²) in [6.45, 7) is 3.31. The van der Waals surface area contributed by atoms with Crippen LogP contribution in [0.5, 0.6) is 0 Å². The Morgan fingerprint density at radius 1 is 1.41 bits per heavy atom. The average molecular weight is 308 g/mol. The molecular weight excluding hydrogens is 287 g/mol. The Labute approximate surface area is 129 Å². The number of rotatable bonds is 6. The van der Waals surface area contributed by atoms with E-state index in [-0.39, 0.29) is 23.7 Å². The van der Waals surface area contributed by atoms with E-state index in [1.54, 1.807) is 19.1 Å². The van der Waals surface area contributed by atoms with Gasteiger partial charge in [-0.1, -0.05) is 12.1 Å². The average Bonchev–Trinajstić information content (AvgIpc) is 2.98. The van der Waals surface area contributed by atoms with Gasteiger partial charge in [0, 0.05) is 13.1 Å². The molecule has 120 valence electrons. The van der Waals surface area contributed by atoms with Gasteiger partial charge in [-0.05, 0) is 44.0 Å². The minimum absolute atomic E-state index is 0.104. The van der Waals surface area contributed by atoms with Crippen LogP contribution in [0, 0.1) is 11.7 Å². The van der Waals surface area contributed by atoms with Crippen LogP contribution < -0.4 is 5.32 Å². The maximum atomic E-state index is 12.8. The molecule has 6 heteroatoms. The molecule has 1 aliphatic heterocycles. The molecule has 0 aliphatic carbocycles. The van der Waals surface area contributed by atoms with Gasteiger partial charge in [0.15, 0.2) is 0 Å². The molecule has 0 bridgehead atoms. The summed E-state index contributed by atoms with van der Waals surface area (Å²) in [6, 6.07) is 5.86. The highest BCUT2D eigenvalue weighted by atomic mass is 19.1. The standard InChI is InChI=1S/C16H21FN2O3/c1-11(19-9-7-13(10-19)16(21)22)15(20)18-8-6-12-2-4-14(17)5-3-12/h2-5,11,13H,6-10H2,1H3,(H,18,20)(H,21,22). The molecule has 0 spiro atoms. The Morgan fingerprint density at radius 3 is 2.68 bits per heavy atom. The van der Waals surface area contributed by atoms with Crippen molar-refractivity contribution in [3.63, 3.8) is 0 Å². The predicted molar refractivity (Wildman–Crippen MR) is 79.9 cm³/mol. The zero-order valence-electron chi connectivity index (χ0n) is 12.6. The fraction of sp³-hybridized carbons (Fsp3) is 0.500. The second-order valence-corrected chi connectivity index (χ2v) is 5.66. The molecule has 5 nitrogen and oxygen atoms in total. The van der Waals surface area contributed by atoms with Crippen molar-refractivity contribution in [2.24, 2.45) is 5.92 Å². The van der Waals surface area contributed by atoms with E-state index < -0.39 is 5.97 Å². The number of carboxylic acids is 1. The van der Waals surface area contributed by atoms with Gasteiger partial charge in [-0.3, -0.25) is 14.5 Å². The topological polar surface area (TPSA) is 69.6 Å². The summed E-state index contributed by atoms with van der Waals surface area (Å²) < 4.78 is 12.8. The number of amides is 1. The molecule has 1 amide bonds. The number of nitrogens with zero attached hydrogens (tertiary/aromatic N) is 1. The van der Waals surface area contributed by atoms with Crippen molar-refractivity contribution < 1.29 is 19.1 Å². The normalized spacial score (nSPS) is 19.8. The van der Waals surface area contributed by atoms with E-state index in [0.29, 0.717) is 32.5 Å². The Bertz CT molecular complexity index is 533. The first kappa shape index (κ1) is 16.4. The fourth-order valence-electron chi connectivity index (χ4n) is 2.64. The summed E-state index contributed by atoms with van der Waals surface area (Å²) in [5, 5.41) is 11.8. The van der Waals surface area contributed by atoms with Crippen LogP contribution in [0.2, 0.25) is 0 Å². The lowest BCUT2D eigenvalue weighted by molar-refractivity contribution is -0.141. The molecule has 22 heavy (non-hydrogen) atoms. The van der Waals surface area contributed by atoms with Gasteiger partial charge in [0.2, 0.25) is 5.91 Å². The van der Waals surface area contributed by atoms with Crippen molar-refractivity contribution in [2.75, 3.05) is 19.6 Å². The summed E-state index contributed by atoms with van der Waals surface area (Å²) in [6.07, 6.45) is 1.22. The number of carboxylic acid groups (broad SMARTS) is 1. The maximum absolute atomic E-state index is 12.8. The molecule has 1 heterocycles.